The average Bonchev–Trinajstić information content (AvgIpc) is 2.29. The third-order valence-electron chi connectivity index (χ3n) is 3.94. The summed E-state index contributed by atoms with van der Waals surface area (Å²) in [5.74, 6) is 0. The zero-order chi connectivity index (χ0) is 14.7. The van der Waals surface area contributed by atoms with E-state index >= 15 is 0 Å². The van der Waals surface area contributed by atoms with Crippen molar-refractivity contribution in [3.05, 3.63) is 0 Å². The summed E-state index contributed by atoms with van der Waals surface area (Å²) in [6.07, 6.45) is 11.5. The Morgan fingerprint density at radius 2 is 1.16 bits per heavy atom. The van der Waals surface area contributed by atoms with E-state index in [4.69, 9.17) is 0 Å². The lowest BCUT2D eigenvalue weighted by atomic mass is 10.0. The van der Waals surface area contributed by atoms with Gasteiger partial charge in [-0.25, -0.2) is 0 Å². The van der Waals surface area contributed by atoms with E-state index < -0.39 is 6.29 Å². The van der Waals surface area contributed by atoms with Crippen LogP contribution in [0.15, 0.2) is 0 Å². The molecule has 0 amide bonds. The highest BCUT2D eigenvalue weighted by Gasteiger charge is 2.29. The molecule has 0 bridgehead atoms. The smallest absolute Gasteiger partial charge is 0.205 e. The molecule has 1 atom stereocenters. The molecule has 0 aliphatic carbocycles. The van der Waals surface area contributed by atoms with E-state index in [0.717, 1.165) is 12.8 Å². The van der Waals surface area contributed by atoms with Crippen molar-refractivity contribution in [2.75, 3.05) is 21.1 Å². The zero-order valence-corrected chi connectivity index (χ0v) is 13.6. The lowest BCUT2D eigenvalue weighted by molar-refractivity contribution is -0.903. The van der Waals surface area contributed by atoms with Gasteiger partial charge in [-0.3, -0.25) is 0 Å². The molecule has 0 heterocycles. The molecule has 0 aliphatic rings. The molecule has 0 spiro atoms. The normalized spacial score (nSPS) is 14.1. The summed E-state index contributed by atoms with van der Waals surface area (Å²) < 4.78 is 0.620. The number of likely N-dealkylation sites (N-methyl/N-ethyl adjacent to an activating group) is 1. The van der Waals surface area contributed by atoms with Gasteiger partial charge in [-0.2, -0.15) is 0 Å². The molecule has 0 rings (SSSR count). The van der Waals surface area contributed by atoms with Crippen LogP contribution < -0.4 is 0 Å². The fourth-order valence-corrected chi connectivity index (χ4v) is 2.60. The van der Waals surface area contributed by atoms with Crippen molar-refractivity contribution in [3.63, 3.8) is 0 Å². The molecule has 116 valence electrons. The van der Waals surface area contributed by atoms with Gasteiger partial charge in [0.25, 0.3) is 0 Å². The summed E-state index contributed by atoms with van der Waals surface area (Å²) in [5, 5.41) is 18.8. The lowest BCUT2D eigenvalue weighted by Gasteiger charge is -2.35. The SMILES string of the molecule is CCCCCCCCCCCC(C(O)O)[N+](C)(C)C. The molecule has 0 saturated carbocycles. The first-order valence-corrected chi connectivity index (χ1v) is 8.06. The second-order valence-corrected chi connectivity index (χ2v) is 6.71. The molecule has 0 fully saturated rings. The van der Waals surface area contributed by atoms with Gasteiger partial charge in [0, 0.05) is 6.42 Å². The van der Waals surface area contributed by atoms with Gasteiger partial charge in [-0.15, -0.1) is 0 Å². The molecule has 0 aromatic heterocycles. The van der Waals surface area contributed by atoms with Crippen LogP contribution in [-0.2, 0) is 0 Å². The average molecular weight is 274 g/mol. The predicted octanol–water partition coefficient (Wildman–Crippen LogP) is 3.29. The third-order valence-corrected chi connectivity index (χ3v) is 3.94. The molecule has 3 nitrogen and oxygen atoms in total. The first-order valence-electron chi connectivity index (χ1n) is 8.06. The molecule has 0 saturated heterocycles. The number of quaternary nitrogens is 1. The Morgan fingerprint density at radius 1 is 0.737 bits per heavy atom. The van der Waals surface area contributed by atoms with Gasteiger partial charge in [-0.05, 0) is 6.42 Å². The van der Waals surface area contributed by atoms with Crippen molar-refractivity contribution < 1.29 is 14.7 Å². The number of hydrogen-bond acceptors (Lipinski definition) is 2. The van der Waals surface area contributed by atoms with Crippen molar-refractivity contribution >= 4 is 0 Å². The van der Waals surface area contributed by atoms with Crippen LogP contribution in [0.2, 0.25) is 0 Å². The van der Waals surface area contributed by atoms with E-state index in [1.165, 1.54) is 51.4 Å². The maximum Gasteiger partial charge on any atom is 0.205 e. The Balaban J connectivity index is 3.51. The Hall–Kier alpha value is -0.120. The van der Waals surface area contributed by atoms with Gasteiger partial charge in [0.2, 0.25) is 6.29 Å². The molecular weight excluding hydrogens is 238 g/mol. The summed E-state index contributed by atoms with van der Waals surface area (Å²) >= 11 is 0. The highest BCUT2D eigenvalue weighted by Crippen LogP contribution is 2.16. The van der Waals surface area contributed by atoms with Gasteiger partial charge in [0.05, 0.1) is 21.1 Å². The Labute approximate surface area is 120 Å². The minimum Gasteiger partial charge on any atom is -0.363 e. The van der Waals surface area contributed by atoms with Crippen molar-refractivity contribution in [3.8, 4) is 0 Å². The van der Waals surface area contributed by atoms with Crippen LogP contribution in [-0.4, -0.2) is 48.2 Å². The van der Waals surface area contributed by atoms with Crippen molar-refractivity contribution in [2.45, 2.75) is 83.5 Å². The van der Waals surface area contributed by atoms with Gasteiger partial charge < -0.3 is 14.7 Å². The highest BCUT2D eigenvalue weighted by atomic mass is 16.5. The van der Waals surface area contributed by atoms with Gasteiger partial charge in [0.15, 0.2) is 0 Å². The lowest BCUT2D eigenvalue weighted by Crippen LogP contribution is -2.51. The summed E-state index contributed by atoms with van der Waals surface area (Å²) in [5.41, 5.74) is 0. The molecule has 19 heavy (non-hydrogen) atoms. The van der Waals surface area contributed by atoms with Gasteiger partial charge in [0.1, 0.15) is 6.04 Å². The number of hydrogen-bond donors (Lipinski definition) is 2. The molecule has 0 aromatic rings. The van der Waals surface area contributed by atoms with E-state index in [0.29, 0.717) is 4.48 Å². The zero-order valence-electron chi connectivity index (χ0n) is 13.6. The number of rotatable bonds is 12. The topological polar surface area (TPSA) is 40.5 Å². The van der Waals surface area contributed by atoms with E-state index in [2.05, 4.69) is 6.92 Å². The van der Waals surface area contributed by atoms with Crippen LogP contribution >= 0.6 is 0 Å². The molecule has 2 N–H and O–H groups in total. The Bertz CT molecular complexity index is 199. The summed E-state index contributed by atoms with van der Waals surface area (Å²) in [6, 6.07) is -0.0652. The first kappa shape index (κ1) is 18.9. The van der Waals surface area contributed by atoms with Crippen molar-refractivity contribution in [1.29, 1.82) is 0 Å². The maximum atomic E-state index is 9.41. The Kier molecular flexibility index (Phi) is 10.6. The number of aliphatic hydroxyl groups is 2. The predicted molar refractivity (Wildman–Crippen MR) is 81.9 cm³/mol. The summed E-state index contributed by atoms with van der Waals surface area (Å²) in [7, 11) is 6.08. The monoisotopic (exact) mass is 274 g/mol. The second kappa shape index (κ2) is 10.6. The summed E-state index contributed by atoms with van der Waals surface area (Å²) in [6.45, 7) is 2.25. The van der Waals surface area contributed by atoms with E-state index in [9.17, 15) is 10.2 Å². The quantitative estimate of drug-likeness (QED) is 0.326. The minimum absolute atomic E-state index is 0.0652. The van der Waals surface area contributed by atoms with E-state index in [-0.39, 0.29) is 6.04 Å². The molecular formula is C16H36NO2+. The standard InChI is InChI=1S/C16H36NO2/c1-5-6-7-8-9-10-11-12-13-14-15(16(18)19)17(2,3)4/h15-16,18-19H,5-14H2,1-4H3/q+1. The largest absolute Gasteiger partial charge is 0.363 e. The fourth-order valence-electron chi connectivity index (χ4n) is 2.60. The van der Waals surface area contributed by atoms with Crippen LogP contribution in [0.3, 0.4) is 0 Å². The van der Waals surface area contributed by atoms with Gasteiger partial charge in [-0.1, -0.05) is 58.3 Å². The van der Waals surface area contributed by atoms with Crippen LogP contribution in [0.5, 0.6) is 0 Å². The van der Waals surface area contributed by atoms with Crippen LogP contribution in [0.4, 0.5) is 0 Å². The second-order valence-electron chi connectivity index (χ2n) is 6.71. The van der Waals surface area contributed by atoms with Gasteiger partial charge >= 0.3 is 0 Å². The highest BCUT2D eigenvalue weighted by molar-refractivity contribution is 4.60. The summed E-state index contributed by atoms with van der Waals surface area (Å²) in [4.78, 5) is 0. The molecule has 0 aromatic carbocycles. The number of nitrogens with zero attached hydrogens (tertiary/aromatic N) is 1. The molecule has 0 radical (unpaired) electrons. The Morgan fingerprint density at radius 3 is 1.53 bits per heavy atom. The number of aliphatic hydroxyl groups excluding tert-OH is 1. The van der Waals surface area contributed by atoms with Crippen LogP contribution in [0, 0.1) is 0 Å². The molecule has 0 aliphatic heterocycles. The van der Waals surface area contributed by atoms with Crippen LogP contribution in [0.1, 0.15) is 71.1 Å². The third kappa shape index (κ3) is 10.3. The van der Waals surface area contributed by atoms with E-state index in [1.54, 1.807) is 0 Å². The van der Waals surface area contributed by atoms with Crippen LogP contribution in [0.25, 0.3) is 0 Å². The molecule has 1 unspecified atom stereocenters. The first-order chi connectivity index (χ1) is 8.89. The fraction of sp³-hybridized carbons (Fsp3) is 1.00. The maximum absolute atomic E-state index is 9.41. The van der Waals surface area contributed by atoms with E-state index in [1.807, 2.05) is 21.1 Å². The molecule has 3 heteroatoms. The van der Waals surface area contributed by atoms with Crippen molar-refractivity contribution in [2.24, 2.45) is 0 Å². The number of unbranched alkanes of at least 4 members (excludes halogenated alkanes) is 8. The minimum atomic E-state index is -1.20. The van der Waals surface area contributed by atoms with Crippen molar-refractivity contribution in [1.82, 2.24) is 0 Å².